The van der Waals surface area contributed by atoms with E-state index < -0.39 is 15.3 Å². The van der Waals surface area contributed by atoms with Gasteiger partial charge in [0.15, 0.2) is 0 Å². The predicted octanol–water partition coefficient (Wildman–Crippen LogP) is 8.26. The van der Waals surface area contributed by atoms with Crippen molar-refractivity contribution in [1.82, 2.24) is 10.2 Å². The Kier molecular flexibility index (Phi) is 11.9. The fraction of sp³-hybridized carbons (Fsp3) is 0.851. The van der Waals surface area contributed by atoms with Gasteiger partial charge in [-0.05, 0) is 179 Å². The Labute approximate surface area is 349 Å². The summed E-state index contributed by atoms with van der Waals surface area (Å²) in [7, 11) is -2.95. The highest BCUT2D eigenvalue weighted by Crippen LogP contribution is 2.76. The molecule has 0 aromatic rings. The normalized spacial score (nSPS) is 42.7. The third kappa shape index (κ3) is 6.93. The molecule has 6 aliphatic carbocycles. The number of esters is 1. The number of hydrogen-bond acceptors (Lipinski definition) is 7. The molecule has 0 aromatic carbocycles. The standard InChI is InChI=1S/C47H75N2O5S.Al.2H/c1-10-54-41(51)46(31-50)22-13-33(14-23-46)36-16-20-43(6)38(42(36,4)5)17-21-45(8)39(43)12-11-37-40-35(32(2)3)15-24-47(40,26-25-44(37,45)7)48-27-30-49-28-18-34(19-29-49)55(9,52)53;;;/h13,16,34-35,37-40,48H,2,10-12,14-15,17-31H2,1,3-9H3;;;/q-1;+1;;/t35-,37+,38-,39+,40+,43-,44+,45+,46?,47-;;;/m0.../s1. The third-order valence-electron chi connectivity index (χ3n) is 18.8. The van der Waals surface area contributed by atoms with Gasteiger partial charge in [-0.2, -0.15) is 0 Å². The number of sulfone groups is 1. The first-order valence-electron chi connectivity index (χ1n) is 22.7. The predicted molar refractivity (Wildman–Crippen MR) is 231 cm³/mol. The Hall–Kier alpha value is -0.948. The lowest BCUT2D eigenvalue weighted by Gasteiger charge is -2.72. The maximum atomic E-state index is 13.2. The number of ether oxygens (including phenoxy) is 1. The number of piperidine rings is 1. The van der Waals surface area contributed by atoms with Gasteiger partial charge in [0, 0.05) is 31.5 Å². The summed E-state index contributed by atoms with van der Waals surface area (Å²) < 4.78 is 35.7. The molecule has 5 fully saturated rings. The summed E-state index contributed by atoms with van der Waals surface area (Å²) in [6.07, 6.45) is 21.9. The van der Waals surface area contributed by atoms with Crippen LogP contribution in [0.4, 0.5) is 0 Å². The second kappa shape index (κ2) is 15.5. The minimum atomic E-state index is -2.95. The van der Waals surface area contributed by atoms with Gasteiger partial charge in [-0.1, -0.05) is 58.9 Å². The van der Waals surface area contributed by atoms with Crippen molar-refractivity contribution >= 4 is 32.4 Å². The molecule has 0 bridgehead atoms. The highest BCUT2D eigenvalue weighted by atomic mass is 32.2. The molecule has 0 radical (unpaired) electrons. The largest absolute Gasteiger partial charge is 0.505 e. The number of hydrogen-bond donors (Lipinski definition) is 1. The average Bonchev–Trinajstić information content (AvgIpc) is 3.52. The molecular formula is C47H77AlN2O5S. The average molecular weight is 809 g/mol. The summed E-state index contributed by atoms with van der Waals surface area (Å²) in [5.41, 5.74) is 4.99. The Morgan fingerprint density at radius 3 is 2.29 bits per heavy atom. The van der Waals surface area contributed by atoms with Gasteiger partial charge in [0.1, 0.15) is 9.84 Å². The molecular weight excluding hydrogens is 732 g/mol. The van der Waals surface area contributed by atoms with Gasteiger partial charge in [-0.3, -0.25) is 4.79 Å². The second-order valence-electron chi connectivity index (χ2n) is 21.6. The smallest absolute Gasteiger partial charge is 0.410 e. The van der Waals surface area contributed by atoms with E-state index in [1.807, 2.05) is 6.92 Å². The quantitative estimate of drug-likeness (QED) is 0.128. The second-order valence-corrected chi connectivity index (χ2v) is 24.5. The van der Waals surface area contributed by atoms with Crippen molar-refractivity contribution in [2.24, 2.45) is 56.7 Å². The zero-order valence-electron chi connectivity index (χ0n) is 36.9. The van der Waals surface area contributed by atoms with Crippen LogP contribution in [0.1, 0.15) is 138 Å². The van der Waals surface area contributed by atoms with E-state index in [1.54, 1.807) is 5.57 Å². The summed E-state index contributed by atoms with van der Waals surface area (Å²) in [5, 5.41) is 4.12. The molecule has 7 aliphatic rings. The molecule has 0 spiro atoms. The van der Waals surface area contributed by atoms with Gasteiger partial charge >= 0.3 is 22.6 Å². The van der Waals surface area contributed by atoms with E-state index in [-0.39, 0.29) is 27.6 Å². The van der Waals surface area contributed by atoms with Crippen molar-refractivity contribution in [3.05, 3.63) is 35.5 Å². The van der Waals surface area contributed by atoms with Crippen LogP contribution >= 0.6 is 0 Å². The van der Waals surface area contributed by atoms with Gasteiger partial charge in [0.2, 0.25) is 0 Å². The third-order valence-corrected chi connectivity index (χ3v) is 20.7. The number of allylic oxidation sites excluding steroid dienone is 5. The zero-order valence-corrected chi connectivity index (χ0v) is 39.7. The maximum absolute atomic E-state index is 13.2. The van der Waals surface area contributed by atoms with Crippen LogP contribution in [-0.4, -0.2) is 92.3 Å². The number of nitrogens with zero attached hydrogens (tertiary/aromatic N) is 1. The minimum Gasteiger partial charge on any atom is -0.505 e. The maximum Gasteiger partial charge on any atom is 0.410 e. The molecule has 0 amide bonds. The number of rotatable bonds is 11. The van der Waals surface area contributed by atoms with E-state index in [9.17, 15) is 13.2 Å². The molecule has 1 saturated heterocycles. The lowest BCUT2D eigenvalue weighted by Crippen LogP contribution is -2.68. The number of nitrogens with one attached hydrogen (secondary N) is 1. The molecule has 0 aromatic heterocycles. The fourth-order valence-electron chi connectivity index (χ4n) is 15.7. The van der Waals surface area contributed by atoms with Crippen molar-refractivity contribution in [1.29, 1.82) is 0 Å². The molecule has 1 heterocycles. The number of fused-ring (bicyclic) bond motifs is 7. The summed E-state index contributed by atoms with van der Waals surface area (Å²) in [4.78, 5) is 15.7. The molecule has 10 atom stereocenters. The van der Waals surface area contributed by atoms with E-state index in [1.165, 1.54) is 68.8 Å². The molecule has 9 heteroatoms. The number of carbonyl (C=O) groups excluding carboxylic acids is 1. The van der Waals surface area contributed by atoms with E-state index in [2.05, 4.69) is 70.5 Å². The van der Waals surface area contributed by atoms with Gasteiger partial charge in [-0.25, -0.2) is 8.42 Å². The van der Waals surface area contributed by atoms with Crippen LogP contribution in [0.15, 0.2) is 35.5 Å². The SMILES string of the molecule is C=C(C)[C@@H]1CC[C@]2(NCCN3CCC(S(C)(=O)=O)CC3)CC[C@]3(C)[C@H](CC[C@@H]4[C@@]5(C)CC=C(C6=CCC(C[O][AlH2])(C(=O)OCC)CC6)C(C)(C)[C@@H]5CC[C@]43C)[C@@H]12. The highest BCUT2D eigenvalue weighted by Gasteiger charge is 2.70. The van der Waals surface area contributed by atoms with Crippen LogP contribution in [0.3, 0.4) is 0 Å². The molecule has 56 heavy (non-hydrogen) atoms. The topological polar surface area (TPSA) is 84.9 Å². The minimum absolute atomic E-state index is 0.0816. The molecule has 7 rings (SSSR count). The van der Waals surface area contributed by atoms with Crippen LogP contribution in [-0.2, 0) is 23.2 Å². The fourth-order valence-corrected chi connectivity index (χ4v) is 17.3. The first-order valence-corrected chi connectivity index (χ1v) is 25.5. The van der Waals surface area contributed by atoms with Crippen LogP contribution in [0.5, 0.6) is 0 Å². The Balaban J connectivity index is 1.10. The first kappa shape index (κ1) is 43.2. The van der Waals surface area contributed by atoms with Crippen molar-refractivity contribution in [2.75, 3.05) is 45.6 Å². The van der Waals surface area contributed by atoms with E-state index >= 15 is 0 Å². The number of likely N-dealkylation sites (tertiary alicyclic amines) is 1. The highest BCUT2D eigenvalue weighted by molar-refractivity contribution is 7.91. The van der Waals surface area contributed by atoms with Crippen molar-refractivity contribution in [3.63, 3.8) is 0 Å². The van der Waals surface area contributed by atoms with Gasteiger partial charge in [0.25, 0.3) is 0 Å². The summed E-state index contributed by atoms with van der Waals surface area (Å²) >= 11 is 0.629. The summed E-state index contributed by atoms with van der Waals surface area (Å²) in [6, 6.07) is 0. The molecule has 314 valence electrons. The van der Waals surface area contributed by atoms with Crippen LogP contribution in [0.25, 0.3) is 0 Å². The summed E-state index contributed by atoms with van der Waals surface area (Å²) in [6.45, 7) is 26.8. The van der Waals surface area contributed by atoms with Crippen LogP contribution in [0, 0.1) is 56.7 Å². The van der Waals surface area contributed by atoms with Gasteiger partial charge < -0.3 is 18.7 Å². The Morgan fingerprint density at radius 2 is 1.66 bits per heavy atom. The van der Waals surface area contributed by atoms with Crippen LogP contribution < -0.4 is 5.32 Å². The lowest BCUT2D eigenvalue weighted by atomic mass is 9.33. The molecule has 1 unspecified atom stereocenters. The summed E-state index contributed by atoms with van der Waals surface area (Å²) in [5.74, 6) is 3.17. The monoisotopic (exact) mass is 809 g/mol. The Morgan fingerprint density at radius 1 is 0.929 bits per heavy atom. The first-order chi connectivity index (χ1) is 26.3. The molecule has 1 aliphatic heterocycles. The molecule has 4 saturated carbocycles. The number of carbonyl (C=O) groups is 1. The van der Waals surface area contributed by atoms with Gasteiger partial charge in [0.05, 0.1) is 17.3 Å². The Bertz CT molecular complexity index is 1700. The van der Waals surface area contributed by atoms with Gasteiger partial charge in [-0.15, -0.1) is 0 Å². The van der Waals surface area contributed by atoms with E-state index in [4.69, 9.17) is 8.53 Å². The molecule has 1 N–H and O–H groups in total. The molecule has 7 nitrogen and oxygen atoms in total. The van der Waals surface area contributed by atoms with Crippen molar-refractivity contribution < 1.29 is 21.7 Å². The zero-order chi connectivity index (χ0) is 40.5. The van der Waals surface area contributed by atoms with Crippen molar-refractivity contribution in [3.8, 4) is 0 Å². The van der Waals surface area contributed by atoms with Crippen LogP contribution in [0.2, 0.25) is 0 Å². The lowest BCUT2D eigenvalue weighted by molar-refractivity contribution is -0.221. The van der Waals surface area contributed by atoms with E-state index in [0.29, 0.717) is 76.7 Å². The van der Waals surface area contributed by atoms with Crippen molar-refractivity contribution in [2.45, 2.75) is 149 Å². The van der Waals surface area contributed by atoms with E-state index in [0.717, 1.165) is 58.3 Å².